The molecule has 1 aliphatic heterocycles. The van der Waals surface area contributed by atoms with Crippen LogP contribution in [-0.2, 0) is 7.05 Å². The first-order chi connectivity index (χ1) is 10.2. The Labute approximate surface area is 125 Å². The summed E-state index contributed by atoms with van der Waals surface area (Å²) in [7, 11) is 1.92. The first-order valence-corrected chi connectivity index (χ1v) is 7.87. The van der Waals surface area contributed by atoms with Crippen molar-refractivity contribution in [2.75, 3.05) is 6.54 Å². The van der Waals surface area contributed by atoms with Crippen molar-refractivity contribution in [3.8, 4) is 0 Å². The van der Waals surface area contributed by atoms with E-state index in [2.05, 4.69) is 17.2 Å². The summed E-state index contributed by atoms with van der Waals surface area (Å²) < 4.78 is 1.91. The molecule has 0 saturated carbocycles. The average Bonchev–Trinajstić information content (AvgIpc) is 2.85. The Bertz CT molecular complexity index is 647. The number of nitrogens with zero attached hydrogens (tertiary/aromatic N) is 2. The van der Waals surface area contributed by atoms with Gasteiger partial charge in [-0.1, -0.05) is 25.5 Å². The fourth-order valence-electron chi connectivity index (χ4n) is 3.33. The van der Waals surface area contributed by atoms with Gasteiger partial charge in [-0.2, -0.15) is 0 Å². The number of fused-ring (bicyclic) bond motifs is 1. The van der Waals surface area contributed by atoms with E-state index in [-0.39, 0.29) is 5.78 Å². The molecule has 112 valence electrons. The third kappa shape index (κ3) is 2.86. The fourth-order valence-corrected chi connectivity index (χ4v) is 3.33. The minimum Gasteiger partial charge on any atom is -0.325 e. The first kappa shape index (κ1) is 14.3. The minimum atomic E-state index is 0.142. The highest BCUT2D eigenvalue weighted by Crippen LogP contribution is 2.22. The fraction of sp³-hybridized carbons (Fsp3) is 0.529. The highest BCUT2D eigenvalue weighted by molar-refractivity contribution is 5.96. The summed E-state index contributed by atoms with van der Waals surface area (Å²) in [6.45, 7) is 3.26. The van der Waals surface area contributed by atoms with E-state index < -0.39 is 0 Å². The van der Waals surface area contributed by atoms with Gasteiger partial charge in [0.1, 0.15) is 0 Å². The molecule has 2 atom stereocenters. The summed E-state index contributed by atoms with van der Waals surface area (Å²) in [6, 6.07) is 8.20. The number of para-hydroxylation sites is 2. The van der Waals surface area contributed by atoms with Crippen LogP contribution in [-0.4, -0.2) is 27.9 Å². The zero-order chi connectivity index (χ0) is 14.8. The monoisotopic (exact) mass is 285 g/mol. The number of aryl methyl sites for hydroxylation is 1. The van der Waals surface area contributed by atoms with Crippen LogP contribution in [0.2, 0.25) is 0 Å². The second-order valence-electron chi connectivity index (χ2n) is 6.06. The molecule has 0 radical (unpaired) electrons. The standard InChI is InChI=1S/C17H23N3O/c1-3-12-8-9-18-13(10-12)11-16(21)17-19-14-6-4-5-7-15(14)20(17)2/h4-7,12-13,18H,3,8-11H2,1-2H3. The van der Waals surface area contributed by atoms with Crippen molar-refractivity contribution >= 4 is 16.8 Å². The van der Waals surface area contributed by atoms with Gasteiger partial charge in [-0.15, -0.1) is 0 Å². The lowest BCUT2D eigenvalue weighted by Crippen LogP contribution is -2.39. The molecule has 2 aromatic rings. The molecule has 2 heterocycles. The number of hydrogen-bond acceptors (Lipinski definition) is 3. The third-order valence-electron chi connectivity index (χ3n) is 4.65. The average molecular weight is 285 g/mol. The van der Waals surface area contributed by atoms with Crippen molar-refractivity contribution in [2.24, 2.45) is 13.0 Å². The van der Waals surface area contributed by atoms with Crippen LogP contribution in [0.5, 0.6) is 0 Å². The highest BCUT2D eigenvalue weighted by Gasteiger charge is 2.24. The normalized spacial score (nSPS) is 22.6. The Morgan fingerprint density at radius 1 is 1.43 bits per heavy atom. The molecule has 0 aliphatic carbocycles. The molecule has 4 heteroatoms. The number of ketones is 1. The van der Waals surface area contributed by atoms with Gasteiger partial charge in [0.25, 0.3) is 0 Å². The molecule has 1 aromatic carbocycles. The lowest BCUT2D eigenvalue weighted by Gasteiger charge is -2.29. The number of aromatic nitrogens is 2. The van der Waals surface area contributed by atoms with Crippen molar-refractivity contribution in [2.45, 2.75) is 38.6 Å². The first-order valence-electron chi connectivity index (χ1n) is 7.87. The van der Waals surface area contributed by atoms with E-state index >= 15 is 0 Å². The largest absolute Gasteiger partial charge is 0.325 e. The molecule has 1 N–H and O–H groups in total. The molecule has 1 saturated heterocycles. The van der Waals surface area contributed by atoms with Crippen LogP contribution in [0.4, 0.5) is 0 Å². The molecule has 21 heavy (non-hydrogen) atoms. The summed E-state index contributed by atoms with van der Waals surface area (Å²) in [5, 5.41) is 3.48. The van der Waals surface area contributed by atoms with Gasteiger partial charge in [-0.05, 0) is 37.4 Å². The summed E-state index contributed by atoms with van der Waals surface area (Å²) in [5.74, 6) is 1.48. The topological polar surface area (TPSA) is 46.9 Å². The van der Waals surface area contributed by atoms with E-state index in [0.717, 1.165) is 29.9 Å². The van der Waals surface area contributed by atoms with Crippen molar-refractivity contribution in [3.63, 3.8) is 0 Å². The smallest absolute Gasteiger partial charge is 0.199 e. The maximum atomic E-state index is 12.6. The van der Waals surface area contributed by atoms with Gasteiger partial charge in [0.2, 0.25) is 0 Å². The summed E-state index contributed by atoms with van der Waals surface area (Å²) in [5.41, 5.74) is 1.91. The van der Waals surface area contributed by atoms with E-state index in [4.69, 9.17) is 0 Å². The second-order valence-corrected chi connectivity index (χ2v) is 6.06. The van der Waals surface area contributed by atoms with Gasteiger partial charge < -0.3 is 9.88 Å². The number of hydrogen-bond donors (Lipinski definition) is 1. The molecule has 2 unspecified atom stereocenters. The Morgan fingerprint density at radius 3 is 3.00 bits per heavy atom. The van der Waals surface area contributed by atoms with Crippen molar-refractivity contribution in [1.29, 1.82) is 0 Å². The number of nitrogens with one attached hydrogen (secondary N) is 1. The quantitative estimate of drug-likeness (QED) is 0.879. The van der Waals surface area contributed by atoms with Crippen molar-refractivity contribution < 1.29 is 4.79 Å². The van der Waals surface area contributed by atoms with E-state index in [1.165, 1.54) is 12.8 Å². The number of carbonyl (C=O) groups excluding carboxylic acids is 1. The van der Waals surface area contributed by atoms with Crippen LogP contribution in [0.25, 0.3) is 11.0 Å². The molecule has 0 spiro atoms. The predicted octanol–water partition coefficient (Wildman–Crippen LogP) is 2.92. The van der Waals surface area contributed by atoms with Gasteiger partial charge in [-0.3, -0.25) is 4.79 Å². The molecular formula is C17H23N3O. The number of Topliss-reactive ketones (excluding diaryl/α,β-unsaturated/α-hetero) is 1. The number of imidazole rings is 1. The van der Waals surface area contributed by atoms with Gasteiger partial charge in [0.05, 0.1) is 11.0 Å². The van der Waals surface area contributed by atoms with Crippen molar-refractivity contribution in [1.82, 2.24) is 14.9 Å². The van der Waals surface area contributed by atoms with E-state index in [1.54, 1.807) is 0 Å². The third-order valence-corrected chi connectivity index (χ3v) is 4.65. The van der Waals surface area contributed by atoms with E-state index in [0.29, 0.717) is 18.3 Å². The molecule has 1 aromatic heterocycles. The summed E-state index contributed by atoms with van der Waals surface area (Å²) in [4.78, 5) is 17.1. The van der Waals surface area contributed by atoms with Crippen LogP contribution >= 0.6 is 0 Å². The molecule has 3 rings (SSSR count). The molecule has 0 bridgehead atoms. The molecular weight excluding hydrogens is 262 g/mol. The Morgan fingerprint density at radius 2 is 2.24 bits per heavy atom. The van der Waals surface area contributed by atoms with Crippen LogP contribution in [0.1, 0.15) is 43.2 Å². The molecule has 1 aliphatic rings. The van der Waals surface area contributed by atoms with Crippen molar-refractivity contribution in [3.05, 3.63) is 30.1 Å². The minimum absolute atomic E-state index is 0.142. The lowest BCUT2D eigenvalue weighted by molar-refractivity contribution is 0.0944. The predicted molar refractivity (Wildman–Crippen MR) is 84.5 cm³/mol. The summed E-state index contributed by atoms with van der Waals surface area (Å²) in [6.07, 6.45) is 4.09. The maximum absolute atomic E-state index is 12.6. The molecule has 1 fully saturated rings. The van der Waals surface area contributed by atoms with Gasteiger partial charge >= 0.3 is 0 Å². The number of benzene rings is 1. The number of piperidine rings is 1. The highest BCUT2D eigenvalue weighted by atomic mass is 16.1. The summed E-state index contributed by atoms with van der Waals surface area (Å²) >= 11 is 0. The van der Waals surface area contributed by atoms with Crippen LogP contribution in [0, 0.1) is 5.92 Å². The van der Waals surface area contributed by atoms with Crippen LogP contribution in [0.3, 0.4) is 0 Å². The van der Waals surface area contributed by atoms with Gasteiger partial charge in [0.15, 0.2) is 11.6 Å². The Kier molecular flexibility index (Phi) is 4.06. The van der Waals surface area contributed by atoms with Crippen LogP contribution in [0.15, 0.2) is 24.3 Å². The lowest BCUT2D eigenvalue weighted by atomic mass is 9.88. The van der Waals surface area contributed by atoms with Gasteiger partial charge in [0, 0.05) is 19.5 Å². The Balaban J connectivity index is 1.76. The number of carbonyl (C=O) groups is 1. The SMILES string of the molecule is CCC1CCNC(CC(=O)c2nc3ccccc3n2C)C1. The maximum Gasteiger partial charge on any atom is 0.199 e. The van der Waals surface area contributed by atoms with E-state index in [1.807, 2.05) is 35.9 Å². The second kappa shape index (κ2) is 5.98. The molecule has 4 nitrogen and oxygen atoms in total. The molecule has 0 amide bonds. The Hall–Kier alpha value is -1.68. The van der Waals surface area contributed by atoms with Gasteiger partial charge in [-0.25, -0.2) is 4.98 Å². The van der Waals surface area contributed by atoms with Crippen LogP contribution < -0.4 is 5.32 Å². The van der Waals surface area contributed by atoms with E-state index in [9.17, 15) is 4.79 Å². The zero-order valence-corrected chi connectivity index (χ0v) is 12.8. The zero-order valence-electron chi connectivity index (χ0n) is 12.8. The number of rotatable bonds is 4.